The molecular weight excluding hydrogens is 127 g/mol. The van der Waals surface area contributed by atoms with Crippen molar-refractivity contribution >= 4 is 17.7 Å². The summed E-state index contributed by atoms with van der Waals surface area (Å²) in [6.45, 7) is 2.21. The maximum atomic E-state index is 2.21. The van der Waals surface area contributed by atoms with E-state index in [1.54, 1.807) is 0 Å². The van der Waals surface area contributed by atoms with Crippen LogP contribution in [0.4, 0.5) is 0 Å². The zero-order valence-corrected chi connectivity index (χ0v) is 7.59. The molecule has 0 saturated heterocycles. The first-order valence-corrected chi connectivity index (χ1v) is 4.41. The molecule has 1 aromatic rings. The van der Waals surface area contributed by atoms with Gasteiger partial charge < -0.3 is 0 Å². The van der Waals surface area contributed by atoms with E-state index in [-0.39, 0.29) is 0 Å². The summed E-state index contributed by atoms with van der Waals surface area (Å²) in [5, 5.41) is 1.34. The average molecular weight is 142 g/mol. The summed E-state index contributed by atoms with van der Waals surface area (Å²) in [5.41, 5.74) is 0. The molecule has 0 bridgehead atoms. The van der Waals surface area contributed by atoms with E-state index >= 15 is 0 Å². The molecule has 0 fully saturated rings. The quantitative estimate of drug-likeness (QED) is 0.557. The van der Waals surface area contributed by atoms with Gasteiger partial charge in [-0.25, -0.2) is 0 Å². The summed E-state index contributed by atoms with van der Waals surface area (Å²) in [6, 6.07) is 12.0. The summed E-state index contributed by atoms with van der Waals surface area (Å²) in [4.78, 5) is 0. The molecule has 0 N–H and O–H groups in total. The number of benzene rings is 1. The Hall–Kier alpha value is -0.183. The van der Waals surface area contributed by atoms with Crippen LogP contribution in [0, 0.1) is 0 Å². The molecule has 0 amide bonds. The van der Waals surface area contributed by atoms with E-state index in [9.17, 15) is 0 Å². The van der Waals surface area contributed by atoms with E-state index in [2.05, 4.69) is 24.6 Å². The van der Waals surface area contributed by atoms with Crippen LogP contribution < -0.4 is 0 Å². The summed E-state index contributed by atoms with van der Waals surface area (Å²) in [7, 11) is 0. The van der Waals surface area contributed by atoms with Crippen molar-refractivity contribution in [3.05, 3.63) is 36.4 Å². The van der Waals surface area contributed by atoms with Gasteiger partial charge in [-0.05, 0) is 0 Å². The average Bonchev–Trinajstić information content (AvgIpc) is 2.10. The predicted octanol–water partition coefficient (Wildman–Crippen LogP) is 3.06. The first kappa shape index (κ1) is 10.8. The van der Waals surface area contributed by atoms with Crippen LogP contribution in [0.1, 0.15) is 19.8 Å². The minimum Gasteiger partial charge on any atom is -0.0623 e. The maximum absolute atomic E-state index is 2.21. The first-order chi connectivity index (χ1) is 5.41. The molecule has 56 valence electrons. The number of unbranched alkanes of at least 4 members (excludes halogenated alkanes) is 1. The van der Waals surface area contributed by atoms with Crippen molar-refractivity contribution in [2.75, 3.05) is 0 Å². The van der Waals surface area contributed by atoms with E-state index in [0.717, 1.165) is 0 Å². The summed E-state index contributed by atoms with van der Waals surface area (Å²) < 4.78 is 0. The van der Waals surface area contributed by atoms with Crippen LogP contribution in [0.2, 0.25) is 5.09 Å². The Morgan fingerprint density at radius 1 is 0.909 bits per heavy atom. The van der Waals surface area contributed by atoms with Gasteiger partial charge in [-0.15, -0.1) is 0 Å². The Kier molecular flexibility index (Phi) is 9.65. The van der Waals surface area contributed by atoms with Gasteiger partial charge in [0.15, 0.2) is 0 Å². The Bertz CT molecular complexity index is 108. The molecule has 0 heterocycles. The third-order valence-electron chi connectivity index (χ3n) is 1.37. The van der Waals surface area contributed by atoms with Crippen LogP contribution in [0.5, 0.6) is 0 Å². The fourth-order valence-electron chi connectivity index (χ4n) is 0.738. The molecule has 0 aliphatic rings. The third-order valence-corrected chi connectivity index (χ3v) is 1.37. The SMILES string of the molecule is [Li][CH2]CCC.c1ccccc1. The van der Waals surface area contributed by atoms with Gasteiger partial charge in [-0.1, -0.05) is 36.4 Å². The van der Waals surface area contributed by atoms with E-state index in [1.807, 2.05) is 36.4 Å². The fourth-order valence-corrected chi connectivity index (χ4v) is 0.738. The number of hydrogen-bond donors (Lipinski definition) is 0. The summed E-state index contributed by atoms with van der Waals surface area (Å²) in [5.74, 6) is 0. The molecule has 1 rings (SSSR count). The second kappa shape index (κ2) is 9.82. The van der Waals surface area contributed by atoms with Gasteiger partial charge in [-0.3, -0.25) is 0 Å². The van der Waals surface area contributed by atoms with Gasteiger partial charge in [0.25, 0.3) is 0 Å². The van der Waals surface area contributed by atoms with Gasteiger partial charge in [0, 0.05) is 0 Å². The molecule has 0 atom stereocenters. The van der Waals surface area contributed by atoms with Crippen LogP contribution in [-0.2, 0) is 0 Å². The Balaban J connectivity index is 0.000000187. The van der Waals surface area contributed by atoms with Gasteiger partial charge in [0.2, 0.25) is 0 Å². The second-order valence-electron chi connectivity index (χ2n) is 2.51. The van der Waals surface area contributed by atoms with Crippen molar-refractivity contribution in [2.45, 2.75) is 24.9 Å². The number of rotatable bonds is 2. The predicted molar refractivity (Wildman–Crippen MR) is 51.9 cm³/mol. The van der Waals surface area contributed by atoms with Crippen molar-refractivity contribution in [1.82, 2.24) is 0 Å². The van der Waals surface area contributed by atoms with E-state index < -0.39 is 0 Å². The monoisotopic (exact) mass is 142 g/mol. The van der Waals surface area contributed by atoms with Gasteiger partial charge in [0.1, 0.15) is 0 Å². The normalized spacial score (nSPS) is 8.27. The molecule has 0 nitrogen and oxygen atoms in total. The third kappa shape index (κ3) is 9.82. The van der Waals surface area contributed by atoms with Crippen LogP contribution in [-0.4, -0.2) is 17.7 Å². The fraction of sp³-hybridized carbons (Fsp3) is 0.400. The summed E-state index contributed by atoms with van der Waals surface area (Å²) >= 11 is 2.21. The molecule has 1 aromatic carbocycles. The molecular formula is C10H15Li. The Morgan fingerprint density at radius 3 is 1.36 bits per heavy atom. The van der Waals surface area contributed by atoms with E-state index in [0.29, 0.717) is 0 Å². The van der Waals surface area contributed by atoms with Crippen molar-refractivity contribution in [1.29, 1.82) is 0 Å². The largest absolute Gasteiger partial charge is 0.0623 e. The van der Waals surface area contributed by atoms with Gasteiger partial charge >= 0.3 is 42.6 Å². The van der Waals surface area contributed by atoms with Gasteiger partial charge in [-0.2, -0.15) is 0 Å². The minimum absolute atomic E-state index is 1.34. The van der Waals surface area contributed by atoms with Crippen molar-refractivity contribution in [3.63, 3.8) is 0 Å². The zero-order chi connectivity index (χ0) is 8.36. The molecule has 1 heteroatoms. The molecule has 0 aliphatic heterocycles. The molecule has 0 aliphatic carbocycles. The van der Waals surface area contributed by atoms with Crippen LogP contribution >= 0.6 is 0 Å². The minimum atomic E-state index is 1.34. The van der Waals surface area contributed by atoms with Crippen LogP contribution in [0.25, 0.3) is 0 Å². The second-order valence-corrected chi connectivity index (χ2v) is 2.51. The molecule has 0 saturated carbocycles. The Morgan fingerprint density at radius 2 is 1.27 bits per heavy atom. The first-order valence-electron chi connectivity index (χ1n) is 4.41. The molecule has 0 spiro atoms. The van der Waals surface area contributed by atoms with Crippen molar-refractivity contribution in [3.8, 4) is 0 Å². The standard InChI is InChI=1S/C6H6.C4H9.Li/c1-2-4-6-5-3-1;1-3-4-2;/h1-6H;1,3-4H2,2H3;. The molecule has 0 radical (unpaired) electrons. The topological polar surface area (TPSA) is 0 Å². The maximum Gasteiger partial charge on any atom is -0.0623 e. The van der Waals surface area contributed by atoms with Gasteiger partial charge in [0.05, 0.1) is 0 Å². The smallest absolute Gasteiger partial charge is 0.0623 e. The summed E-state index contributed by atoms with van der Waals surface area (Å²) in [6.07, 6.45) is 2.73. The van der Waals surface area contributed by atoms with Crippen molar-refractivity contribution in [2.24, 2.45) is 0 Å². The van der Waals surface area contributed by atoms with E-state index in [4.69, 9.17) is 0 Å². The zero-order valence-electron chi connectivity index (χ0n) is 7.59. The molecule has 11 heavy (non-hydrogen) atoms. The van der Waals surface area contributed by atoms with Crippen molar-refractivity contribution < 1.29 is 0 Å². The van der Waals surface area contributed by atoms with Crippen LogP contribution in [0.15, 0.2) is 36.4 Å². The molecule has 0 unspecified atom stereocenters. The number of hydrogen-bond acceptors (Lipinski definition) is 0. The van der Waals surface area contributed by atoms with Crippen LogP contribution in [0.3, 0.4) is 0 Å². The Labute approximate surface area is 79.2 Å². The molecule has 0 aromatic heterocycles. The van der Waals surface area contributed by atoms with E-state index in [1.165, 1.54) is 17.9 Å².